The highest BCUT2D eigenvalue weighted by Gasteiger charge is 2.30. The smallest absolute Gasteiger partial charge is 0.0126 e. The van der Waals surface area contributed by atoms with E-state index in [4.69, 9.17) is 0 Å². The summed E-state index contributed by atoms with van der Waals surface area (Å²) in [5.41, 5.74) is 0. The van der Waals surface area contributed by atoms with Crippen molar-refractivity contribution in [2.45, 2.75) is 12.3 Å². The summed E-state index contributed by atoms with van der Waals surface area (Å²) in [4.78, 5) is 0. The molecule has 0 aromatic heterocycles. The van der Waals surface area contributed by atoms with E-state index in [1.54, 1.807) is 0 Å². The van der Waals surface area contributed by atoms with Crippen molar-refractivity contribution >= 4 is 58.6 Å². The Morgan fingerprint density at radius 1 is 0.361 bits per heavy atom. The van der Waals surface area contributed by atoms with Gasteiger partial charge in [0, 0.05) is 5.40 Å². The zero-order valence-corrected chi connectivity index (χ0v) is 22.1. The molecule has 0 spiro atoms. The van der Waals surface area contributed by atoms with Crippen molar-refractivity contribution in [1.29, 1.82) is 0 Å². The summed E-state index contributed by atoms with van der Waals surface area (Å²) in [5, 5.41) is 11.5. The molecule has 0 fully saturated rings. The lowest BCUT2D eigenvalue weighted by atomic mass is 10.1. The predicted octanol–water partition coefficient (Wildman–Crippen LogP) is 7.90. The molecule has 0 saturated heterocycles. The fourth-order valence-corrected chi connectivity index (χ4v) is 12.0. The van der Waals surface area contributed by atoms with Gasteiger partial charge in [0.1, 0.15) is 0 Å². The van der Waals surface area contributed by atoms with Crippen LogP contribution in [-0.4, -0.2) is 5.40 Å². The highest BCUT2D eigenvalue weighted by Crippen LogP contribution is 2.56. The highest BCUT2D eigenvalue weighted by atomic mass is 31.2. The third-order valence-corrected chi connectivity index (χ3v) is 13.1. The van der Waals surface area contributed by atoms with Gasteiger partial charge in [-0.05, 0) is 70.7 Å². The van der Waals surface area contributed by atoms with Gasteiger partial charge in [-0.2, -0.15) is 0 Å². The lowest BCUT2D eigenvalue weighted by molar-refractivity contribution is 1.38. The number of benzene rings is 6. The van der Waals surface area contributed by atoms with Crippen molar-refractivity contribution in [2.75, 3.05) is 0 Å². The minimum atomic E-state index is -0.586. The molecule has 0 amide bonds. The van der Waals surface area contributed by atoms with Gasteiger partial charge >= 0.3 is 0 Å². The second-order valence-electron chi connectivity index (χ2n) is 9.11. The van der Waals surface area contributed by atoms with Crippen LogP contribution in [0.5, 0.6) is 0 Å². The van der Waals surface area contributed by atoms with E-state index in [0.29, 0.717) is 5.40 Å². The van der Waals surface area contributed by atoms with Gasteiger partial charge in [-0.25, -0.2) is 0 Å². The fourth-order valence-electron chi connectivity index (χ4n) is 5.11. The third kappa shape index (κ3) is 4.60. The minimum absolute atomic E-state index is 0.460. The van der Waals surface area contributed by atoms with E-state index < -0.39 is 15.8 Å². The monoisotopic (exact) mass is 498 g/mol. The Kier molecular flexibility index (Phi) is 6.65. The molecule has 0 aliphatic rings. The predicted molar refractivity (Wildman–Crippen MR) is 163 cm³/mol. The maximum Gasteiger partial charge on any atom is 0.0126 e. The van der Waals surface area contributed by atoms with E-state index in [2.05, 4.69) is 153 Å². The van der Waals surface area contributed by atoms with Crippen LogP contribution in [0.15, 0.2) is 146 Å². The Balaban J connectivity index is 1.53. The molecule has 0 aliphatic carbocycles. The van der Waals surface area contributed by atoms with E-state index in [1.807, 2.05) is 0 Å². The second-order valence-corrected chi connectivity index (χ2v) is 14.6. The molecule has 36 heavy (non-hydrogen) atoms. The van der Waals surface area contributed by atoms with Gasteiger partial charge in [0.15, 0.2) is 0 Å². The van der Waals surface area contributed by atoms with Crippen molar-refractivity contribution in [3.05, 3.63) is 146 Å². The first-order valence-electron chi connectivity index (χ1n) is 12.4. The summed E-state index contributed by atoms with van der Waals surface area (Å²) in [7, 11) is -1.17. The summed E-state index contributed by atoms with van der Waals surface area (Å²) in [6.45, 7) is 2.49. The van der Waals surface area contributed by atoms with Crippen LogP contribution in [0, 0.1) is 0 Å². The normalized spacial score (nSPS) is 13.9. The number of hydrogen-bond acceptors (Lipinski definition) is 0. The Hall–Kier alpha value is -3.30. The fraction of sp³-hybridized carbons (Fsp3) is 0.0588. The molecule has 2 atom stereocenters. The third-order valence-electron chi connectivity index (χ3n) is 6.84. The zero-order valence-electron chi connectivity index (χ0n) is 20.3. The Bertz CT molecular complexity index is 1490. The summed E-state index contributed by atoms with van der Waals surface area (Å²) in [5.74, 6) is 0. The van der Waals surface area contributed by atoms with E-state index >= 15 is 0 Å². The van der Waals surface area contributed by atoms with E-state index in [1.165, 1.54) is 42.8 Å². The molecule has 0 radical (unpaired) electrons. The van der Waals surface area contributed by atoms with Crippen LogP contribution in [0.1, 0.15) is 6.92 Å². The van der Waals surface area contributed by atoms with Crippen LogP contribution in [0.4, 0.5) is 0 Å². The molecule has 0 saturated carbocycles. The number of rotatable bonds is 6. The van der Waals surface area contributed by atoms with Gasteiger partial charge in [-0.15, -0.1) is 0 Å². The van der Waals surface area contributed by atoms with Gasteiger partial charge in [0.25, 0.3) is 0 Å². The molecule has 0 nitrogen and oxygen atoms in total. The van der Waals surface area contributed by atoms with Crippen LogP contribution in [0.2, 0.25) is 0 Å². The van der Waals surface area contributed by atoms with Gasteiger partial charge in [-0.3, -0.25) is 0 Å². The van der Waals surface area contributed by atoms with E-state index in [0.717, 1.165) is 0 Å². The van der Waals surface area contributed by atoms with Gasteiger partial charge in [0.2, 0.25) is 0 Å². The molecule has 0 N–H and O–H groups in total. The molecule has 6 aromatic carbocycles. The van der Waals surface area contributed by atoms with E-state index in [9.17, 15) is 0 Å². The van der Waals surface area contributed by atoms with Crippen LogP contribution >= 0.6 is 15.8 Å². The molecule has 0 bridgehead atoms. The van der Waals surface area contributed by atoms with Crippen LogP contribution in [0.25, 0.3) is 21.5 Å². The lowest BCUT2D eigenvalue weighted by Crippen LogP contribution is -2.25. The molecule has 2 unspecified atom stereocenters. The molecular weight excluding hydrogens is 470 g/mol. The maximum absolute atomic E-state index is 2.49. The van der Waals surface area contributed by atoms with Gasteiger partial charge in [-0.1, -0.05) is 140 Å². The summed E-state index contributed by atoms with van der Waals surface area (Å²) < 4.78 is 0. The van der Waals surface area contributed by atoms with Crippen LogP contribution in [0.3, 0.4) is 0 Å². The highest BCUT2D eigenvalue weighted by molar-refractivity contribution is 7.89. The molecule has 6 rings (SSSR count). The van der Waals surface area contributed by atoms with Crippen molar-refractivity contribution < 1.29 is 0 Å². The molecule has 174 valence electrons. The summed E-state index contributed by atoms with van der Waals surface area (Å²) in [6.07, 6.45) is 0. The van der Waals surface area contributed by atoms with Gasteiger partial charge < -0.3 is 0 Å². The Labute approximate surface area is 216 Å². The average Bonchev–Trinajstić information content (AvgIpc) is 2.94. The summed E-state index contributed by atoms with van der Waals surface area (Å²) in [6, 6.07) is 54.0. The first-order chi connectivity index (χ1) is 17.8. The first-order valence-corrected chi connectivity index (χ1v) is 15.3. The number of fused-ring (bicyclic) bond motifs is 2. The lowest BCUT2D eigenvalue weighted by Gasteiger charge is -2.33. The average molecular weight is 499 g/mol. The Morgan fingerprint density at radius 3 is 1.14 bits per heavy atom. The number of hydrogen-bond donors (Lipinski definition) is 0. The quantitative estimate of drug-likeness (QED) is 0.205. The molecule has 6 aromatic rings. The van der Waals surface area contributed by atoms with Crippen molar-refractivity contribution in [2.24, 2.45) is 0 Å². The summed E-state index contributed by atoms with van der Waals surface area (Å²) >= 11 is 0. The minimum Gasteiger partial charge on any atom is -0.0622 e. The van der Waals surface area contributed by atoms with Crippen LogP contribution < -0.4 is 21.2 Å². The topological polar surface area (TPSA) is 0 Å². The maximum atomic E-state index is 2.49. The SMILES string of the molecule is CC(P(c1ccccc1)c1ccc2ccccc2c1)P(c1ccccc1)c1ccc2ccccc2c1. The van der Waals surface area contributed by atoms with E-state index in [-0.39, 0.29) is 0 Å². The zero-order chi connectivity index (χ0) is 24.3. The molecule has 2 heteroatoms. The molecule has 0 heterocycles. The Morgan fingerprint density at radius 2 is 0.722 bits per heavy atom. The molecular formula is C34H28P2. The van der Waals surface area contributed by atoms with Crippen molar-refractivity contribution in [3.8, 4) is 0 Å². The van der Waals surface area contributed by atoms with Crippen molar-refractivity contribution in [3.63, 3.8) is 0 Å². The van der Waals surface area contributed by atoms with Crippen LogP contribution in [-0.2, 0) is 0 Å². The van der Waals surface area contributed by atoms with Crippen molar-refractivity contribution in [1.82, 2.24) is 0 Å². The first kappa shape index (κ1) is 23.1. The molecule has 0 aliphatic heterocycles. The standard InChI is InChI=1S/C34H28P2/c1-26(35(31-16-4-2-5-17-31)33-22-20-27-12-8-10-14-29(27)24-33)36(32-18-6-3-7-19-32)34-23-21-28-13-9-11-15-30(28)25-34/h2-26H,1H3. The van der Waals surface area contributed by atoms with Gasteiger partial charge in [0.05, 0.1) is 0 Å². The largest absolute Gasteiger partial charge is 0.0622 e. The second kappa shape index (κ2) is 10.4.